The second kappa shape index (κ2) is 7.09. The molecule has 7 heteroatoms. The largest absolute Gasteiger partial charge is 0.477 e. The number of aryl methyl sites for hydroxylation is 1. The SMILES string of the molecule is Cc1ccc(OCC(=O)NC2(C#N)CCCCC2)c([N+](=O)[O-])c1. The normalized spacial score (nSPS) is 16.2. The zero-order valence-electron chi connectivity index (χ0n) is 13.0. The number of nitro groups is 1. The van der Waals surface area contributed by atoms with E-state index < -0.39 is 16.4 Å². The third kappa shape index (κ3) is 4.19. The lowest BCUT2D eigenvalue weighted by atomic mass is 9.83. The second-order valence-electron chi connectivity index (χ2n) is 5.82. The molecule has 0 unspecified atom stereocenters. The highest BCUT2D eigenvalue weighted by Crippen LogP contribution is 2.29. The Morgan fingerprint density at radius 2 is 2.13 bits per heavy atom. The zero-order chi connectivity index (χ0) is 16.9. The number of rotatable bonds is 5. The van der Waals surface area contributed by atoms with Crippen LogP contribution in [0, 0.1) is 28.4 Å². The van der Waals surface area contributed by atoms with Gasteiger partial charge < -0.3 is 10.1 Å². The van der Waals surface area contributed by atoms with Crippen molar-refractivity contribution in [1.29, 1.82) is 5.26 Å². The predicted molar refractivity (Wildman–Crippen MR) is 82.9 cm³/mol. The Hall–Kier alpha value is -2.62. The third-order valence-electron chi connectivity index (χ3n) is 3.97. The summed E-state index contributed by atoms with van der Waals surface area (Å²) in [6.07, 6.45) is 4.11. The Morgan fingerprint density at radius 1 is 1.43 bits per heavy atom. The molecule has 0 aliphatic heterocycles. The highest BCUT2D eigenvalue weighted by Gasteiger charge is 2.33. The van der Waals surface area contributed by atoms with Crippen molar-refractivity contribution in [3.05, 3.63) is 33.9 Å². The first-order valence-electron chi connectivity index (χ1n) is 7.56. The topological polar surface area (TPSA) is 105 Å². The van der Waals surface area contributed by atoms with Gasteiger partial charge >= 0.3 is 5.69 Å². The lowest BCUT2D eigenvalue weighted by molar-refractivity contribution is -0.385. The van der Waals surface area contributed by atoms with Crippen LogP contribution in [-0.4, -0.2) is 23.0 Å². The van der Waals surface area contributed by atoms with E-state index in [1.165, 1.54) is 12.1 Å². The summed E-state index contributed by atoms with van der Waals surface area (Å²) >= 11 is 0. The van der Waals surface area contributed by atoms with Crippen molar-refractivity contribution in [1.82, 2.24) is 5.32 Å². The lowest BCUT2D eigenvalue weighted by Gasteiger charge is -2.31. The van der Waals surface area contributed by atoms with Crippen LogP contribution < -0.4 is 10.1 Å². The molecule has 23 heavy (non-hydrogen) atoms. The van der Waals surface area contributed by atoms with Gasteiger partial charge in [-0.15, -0.1) is 0 Å². The van der Waals surface area contributed by atoms with Crippen LogP contribution in [0.4, 0.5) is 5.69 Å². The number of nitriles is 1. The van der Waals surface area contributed by atoms with E-state index in [-0.39, 0.29) is 18.0 Å². The van der Waals surface area contributed by atoms with Crippen molar-refractivity contribution in [3.8, 4) is 11.8 Å². The minimum atomic E-state index is -0.835. The number of nitrogens with zero attached hydrogens (tertiary/aromatic N) is 2. The van der Waals surface area contributed by atoms with Gasteiger partial charge in [0.05, 0.1) is 11.0 Å². The molecule has 122 valence electrons. The maximum Gasteiger partial charge on any atom is 0.311 e. The number of benzene rings is 1. The average molecular weight is 317 g/mol. The first-order chi connectivity index (χ1) is 11.0. The fraction of sp³-hybridized carbons (Fsp3) is 0.500. The number of nitro benzene ring substituents is 1. The molecule has 1 saturated carbocycles. The highest BCUT2D eigenvalue weighted by atomic mass is 16.6. The van der Waals surface area contributed by atoms with Crippen molar-refractivity contribution in [2.75, 3.05) is 6.61 Å². The molecule has 0 saturated heterocycles. The van der Waals surface area contributed by atoms with E-state index in [1.807, 2.05) is 0 Å². The van der Waals surface area contributed by atoms with Crippen molar-refractivity contribution < 1.29 is 14.5 Å². The molecule has 0 aromatic heterocycles. The van der Waals surface area contributed by atoms with Gasteiger partial charge in [0.25, 0.3) is 5.91 Å². The van der Waals surface area contributed by atoms with E-state index in [2.05, 4.69) is 11.4 Å². The highest BCUT2D eigenvalue weighted by molar-refractivity contribution is 5.79. The standard InChI is InChI=1S/C16H19N3O4/c1-12-5-6-14(13(9-12)19(21)22)23-10-15(20)18-16(11-17)7-3-2-4-8-16/h5-6,9H,2-4,7-8,10H2,1H3,(H,18,20). The van der Waals surface area contributed by atoms with E-state index in [0.717, 1.165) is 24.8 Å². The van der Waals surface area contributed by atoms with Gasteiger partial charge in [0, 0.05) is 6.07 Å². The molecule has 0 spiro atoms. The molecule has 7 nitrogen and oxygen atoms in total. The summed E-state index contributed by atoms with van der Waals surface area (Å²) in [5.74, 6) is -0.395. The van der Waals surface area contributed by atoms with Gasteiger partial charge in [-0.2, -0.15) is 5.26 Å². The third-order valence-corrected chi connectivity index (χ3v) is 3.97. The van der Waals surface area contributed by atoms with Gasteiger partial charge in [-0.25, -0.2) is 0 Å². The summed E-state index contributed by atoms with van der Waals surface area (Å²) in [6, 6.07) is 6.73. The predicted octanol–water partition coefficient (Wildman–Crippen LogP) is 2.62. The fourth-order valence-corrected chi connectivity index (χ4v) is 2.76. The van der Waals surface area contributed by atoms with E-state index in [1.54, 1.807) is 13.0 Å². The maximum atomic E-state index is 12.0. The first kappa shape index (κ1) is 16.7. The van der Waals surface area contributed by atoms with Crippen LogP contribution in [-0.2, 0) is 4.79 Å². The monoisotopic (exact) mass is 317 g/mol. The molecule has 0 radical (unpaired) electrons. The summed E-state index contributed by atoms with van der Waals surface area (Å²) in [6.45, 7) is 1.39. The van der Waals surface area contributed by atoms with Gasteiger partial charge in [-0.1, -0.05) is 25.3 Å². The molecule has 1 fully saturated rings. The van der Waals surface area contributed by atoms with Crippen LogP contribution in [0.25, 0.3) is 0 Å². The number of hydrogen-bond acceptors (Lipinski definition) is 5. The Bertz CT molecular complexity index is 645. The maximum absolute atomic E-state index is 12.0. The number of nitrogens with one attached hydrogen (secondary N) is 1. The molecule has 1 aromatic carbocycles. The molecular formula is C16H19N3O4. The first-order valence-corrected chi connectivity index (χ1v) is 7.56. The van der Waals surface area contributed by atoms with Crippen molar-refractivity contribution in [3.63, 3.8) is 0 Å². The molecule has 1 N–H and O–H groups in total. The Labute approximate surface area is 134 Å². The van der Waals surface area contributed by atoms with E-state index in [4.69, 9.17) is 4.74 Å². The molecule has 1 amide bonds. The summed E-state index contributed by atoms with van der Waals surface area (Å²) in [5.41, 5.74) is -0.276. The smallest absolute Gasteiger partial charge is 0.311 e. The van der Waals surface area contributed by atoms with E-state index in [0.29, 0.717) is 12.8 Å². The van der Waals surface area contributed by atoms with Crippen LogP contribution >= 0.6 is 0 Å². The second-order valence-corrected chi connectivity index (χ2v) is 5.82. The number of carbonyl (C=O) groups excluding carboxylic acids is 1. The molecule has 0 heterocycles. The van der Waals surface area contributed by atoms with Gasteiger partial charge in [-0.05, 0) is 31.4 Å². The van der Waals surface area contributed by atoms with Crippen LogP contribution in [0.15, 0.2) is 18.2 Å². The molecule has 0 atom stereocenters. The average Bonchev–Trinajstić information content (AvgIpc) is 2.54. The summed E-state index contributed by atoms with van der Waals surface area (Å²) in [5, 5.41) is 23.1. The number of amides is 1. The summed E-state index contributed by atoms with van der Waals surface area (Å²) < 4.78 is 5.28. The van der Waals surface area contributed by atoms with Crippen molar-refractivity contribution in [2.45, 2.75) is 44.6 Å². The molecular weight excluding hydrogens is 298 g/mol. The lowest BCUT2D eigenvalue weighted by Crippen LogP contribution is -2.50. The Kier molecular flexibility index (Phi) is 5.16. The van der Waals surface area contributed by atoms with Crippen LogP contribution in [0.1, 0.15) is 37.7 Å². The van der Waals surface area contributed by atoms with Gasteiger partial charge in [0.15, 0.2) is 12.4 Å². The van der Waals surface area contributed by atoms with Crippen molar-refractivity contribution >= 4 is 11.6 Å². The minimum Gasteiger partial charge on any atom is -0.477 e. The van der Waals surface area contributed by atoms with Crippen LogP contribution in [0.3, 0.4) is 0 Å². The van der Waals surface area contributed by atoms with Crippen LogP contribution in [0.5, 0.6) is 5.75 Å². The van der Waals surface area contributed by atoms with Gasteiger partial charge in [-0.3, -0.25) is 14.9 Å². The Morgan fingerprint density at radius 3 is 2.74 bits per heavy atom. The molecule has 2 rings (SSSR count). The van der Waals surface area contributed by atoms with E-state index >= 15 is 0 Å². The van der Waals surface area contributed by atoms with Crippen LogP contribution in [0.2, 0.25) is 0 Å². The molecule has 0 bridgehead atoms. The fourth-order valence-electron chi connectivity index (χ4n) is 2.76. The molecule has 1 aromatic rings. The van der Waals surface area contributed by atoms with Gasteiger partial charge in [0.2, 0.25) is 0 Å². The minimum absolute atomic E-state index is 0.0467. The number of ether oxygens (including phenoxy) is 1. The van der Waals surface area contributed by atoms with Gasteiger partial charge in [0.1, 0.15) is 5.54 Å². The number of hydrogen-bond donors (Lipinski definition) is 1. The number of carbonyl (C=O) groups is 1. The van der Waals surface area contributed by atoms with E-state index in [9.17, 15) is 20.2 Å². The summed E-state index contributed by atoms with van der Waals surface area (Å²) in [7, 11) is 0. The zero-order valence-corrected chi connectivity index (χ0v) is 13.0. The molecule has 1 aliphatic rings. The van der Waals surface area contributed by atoms with Crippen molar-refractivity contribution in [2.24, 2.45) is 0 Å². The summed E-state index contributed by atoms with van der Waals surface area (Å²) in [4.78, 5) is 22.5. The quantitative estimate of drug-likeness (QED) is 0.664. The Balaban J connectivity index is 1.99. The molecule has 1 aliphatic carbocycles.